The normalized spacial score (nSPS) is 10.6. The first-order chi connectivity index (χ1) is 8.43. The standard InChI is InChI=1S/C14H21BrO2/c15-9-5-11-17-13-12-16-10-4-8-14-6-2-1-3-7-14/h1-3,6-7H,4-5,8-13H2. The molecule has 0 heterocycles. The van der Waals surface area contributed by atoms with Gasteiger partial charge in [-0.2, -0.15) is 0 Å². The molecule has 0 aliphatic heterocycles. The van der Waals surface area contributed by atoms with Gasteiger partial charge in [0.2, 0.25) is 0 Å². The van der Waals surface area contributed by atoms with Gasteiger partial charge in [0.1, 0.15) is 0 Å². The van der Waals surface area contributed by atoms with E-state index in [4.69, 9.17) is 9.47 Å². The molecule has 0 bridgehead atoms. The van der Waals surface area contributed by atoms with Crippen molar-refractivity contribution in [1.82, 2.24) is 0 Å². The van der Waals surface area contributed by atoms with Crippen LogP contribution in [0.25, 0.3) is 0 Å². The minimum Gasteiger partial charge on any atom is -0.379 e. The molecule has 0 unspecified atom stereocenters. The number of halogens is 1. The van der Waals surface area contributed by atoms with Gasteiger partial charge >= 0.3 is 0 Å². The molecule has 0 spiro atoms. The number of hydrogen-bond donors (Lipinski definition) is 0. The van der Waals surface area contributed by atoms with Crippen molar-refractivity contribution in [3.05, 3.63) is 35.9 Å². The Balaban J connectivity index is 1.85. The van der Waals surface area contributed by atoms with Crippen molar-refractivity contribution in [3.8, 4) is 0 Å². The molecule has 0 radical (unpaired) electrons. The second-order valence-corrected chi connectivity index (χ2v) is 4.65. The van der Waals surface area contributed by atoms with Crippen LogP contribution in [-0.2, 0) is 15.9 Å². The Morgan fingerprint density at radius 3 is 2.12 bits per heavy atom. The van der Waals surface area contributed by atoms with Crippen molar-refractivity contribution in [2.75, 3.05) is 31.8 Å². The Morgan fingerprint density at radius 1 is 0.824 bits per heavy atom. The summed E-state index contributed by atoms with van der Waals surface area (Å²) in [5.74, 6) is 0. The van der Waals surface area contributed by atoms with Crippen LogP contribution >= 0.6 is 15.9 Å². The Hall–Kier alpha value is -0.380. The Bertz CT molecular complexity index is 264. The Morgan fingerprint density at radius 2 is 1.47 bits per heavy atom. The number of benzene rings is 1. The van der Waals surface area contributed by atoms with E-state index in [1.165, 1.54) is 5.56 Å². The average Bonchev–Trinajstić information content (AvgIpc) is 2.38. The highest BCUT2D eigenvalue weighted by Crippen LogP contribution is 2.02. The minimum atomic E-state index is 0.705. The van der Waals surface area contributed by atoms with E-state index >= 15 is 0 Å². The maximum absolute atomic E-state index is 5.50. The second kappa shape index (κ2) is 10.8. The van der Waals surface area contributed by atoms with Crippen molar-refractivity contribution in [3.63, 3.8) is 0 Å². The van der Waals surface area contributed by atoms with Gasteiger partial charge in [0.15, 0.2) is 0 Å². The molecule has 0 aliphatic rings. The maximum atomic E-state index is 5.50. The zero-order valence-electron chi connectivity index (χ0n) is 10.2. The first-order valence-corrected chi connectivity index (χ1v) is 7.31. The third-order valence-electron chi connectivity index (χ3n) is 2.39. The molecule has 0 aromatic heterocycles. The van der Waals surface area contributed by atoms with Crippen molar-refractivity contribution in [1.29, 1.82) is 0 Å². The molecule has 1 aromatic carbocycles. The lowest BCUT2D eigenvalue weighted by atomic mass is 10.1. The van der Waals surface area contributed by atoms with Crippen molar-refractivity contribution >= 4 is 15.9 Å². The third-order valence-corrected chi connectivity index (χ3v) is 2.95. The Kier molecular flexibility index (Phi) is 9.29. The van der Waals surface area contributed by atoms with Crippen LogP contribution in [0, 0.1) is 0 Å². The highest BCUT2D eigenvalue weighted by molar-refractivity contribution is 9.09. The maximum Gasteiger partial charge on any atom is 0.0700 e. The fourth-order valence-corrected chi connectivity index (χ4v) is 1.73. The van der Waals surface area contributed by atoms with Crippen molar-refractivity contribution < 1.29 is 9.47 Å². The highest BCUT2D eigenvalue weighted by Gasteiger charge is 1.93. The summed E-state index contributed by atoms with van der Waals surface area (Å²) in [7, 11) is 0. The molecule has 17 heavy (non-hydrogen) atoms. The van der Waals surface area contributed by atoms with Crippen molar-refractivity contribution in [2.24, 2.45) is 0 Å². The number of aryl methyl sites for hydroxylation is 1. The van der Waals surface area contributed by atoms with E-state index in [2.05, 4.69) is 40.2 Å². The molecule has 0 amide bonds. The summed E-state index contributed by atoms with van der Waals surface area (Å²) in [5.41, 5.74) is 1.38. The van der Waals surface area contributed by atoms with Gasteiger partial charge in [0.25, 0.3) is 0 Å². The summed E-state index contributed by atoms with van der Waals surface area (Å²) < 4.78 is 10.9. The molecule has 0 aliphatic carbocycles. The molecule has 0 N–H and O–H groups in total. The number of ether oxygens (including phenoxy) is 2. The Labute approximate surface area is 112 Å². The van der Waals surface area contributed by atoms with E-state index in [1.54, 1.807) is 0 Å². The van der Waals surface area contributed by atoms with Crippen molar-refractivity contribution in [2.45, 2.75) is 19.3 Å². The molecule has 0 saturated carbocycles. The summed E-state index contributed by atoms with van der Waals surface area (Å²) in [5, 5.41) is 1.00. The van der Waals surface area contributed by atoms with E-state index in [0.29, 0.717) is 13.2 Å². The molecular formula is C14H21BrO2. The van der Waals surface area contributed by atoms with Gasteiger partial charge in [0, 0.05) is 18.5 Å². The number of hydrogen-bond acceptors (Lipinski definition) is 2. The van der Waals surface area contributed by atoms with Crippen LogP contribution in [0.2, 0.25) is 0 Å². The van der Waals surface area contributed by atoms with Crippen LogP contribution in [0.5, 0.6) is 0 Å². The number of rotatable bonds is 10. The van der Waals surface area contributed by atoms with Gasteiger partial charge in [-0.1, -0.05) is 46.3 Å². The smallest absolute Gasteiger partial charge is 0.0700 e. The molecule has 0 atom stereocenters. The summed E-state index contributed by atoms with van der Waals surface area (Å²) in [6.45, 7) is 3.05. The zero-order valence-corrected chi connectivity index (χ0v) is 11.8. The van der Waals surface area contributed by atoms with E-state index in [0.717, 1.165) is 37.8 Å². The molecule has 0 fully saturated rings. The van der Waals surface area contributed by atoms with E-state index in [-0.39, 0.29) is 0 Å². The molecule has 96 valence electrons. The summed E-state index contributed by atoms with van der Waals surface area (Å²) in [4.78, 5) is 0. The highest BCUT2D eigenvalue weighted by atomic mass is 79.9. The molecule has 1 aromatic rings. The van der Waals surface area contributed by atoms with Gasteiger partial charge in [-0.05, 0) is 24.8 Å². The van der Waals surface area contributed by atoms with Crippen LogP contribution in [0.3, 0.4) is 0 Å². The fraction of sp³-hybridized carbons (Fsp3) is 0.571. The van der Waals surface area contributed by atoms with E-state index in [9.17, 15) is 0 Å². The van der Waals surface area contributed by atoms with Crippen LogP contribution in [0.15, 0.2) is 30.3 Å². The summed E-state index contributed by atoms with van der Waals surface area (Å²) >= 11 is 3.36. The van der Waals surface area contributed by atoms with Crippen LogP contribution in [0.1, 0.15) is 18.4 Å². The van der Waals surface area contributed by atoms with Crippen LogP contribution < -0.4 is 0 Å². The molecular weight excluding hydrogens is 280 g/mol. The lowest BCUT2D eigenvalue weighted by Gasteiger charge is -2.05. The molecule has 2 nitrogen and oxygen atoms in total. The van der Waals surface area contributed by atoms with E-state index < -0.39 is 0 Å². The van der Waals surface area contributed by atoms with Gasteiger partial charge in [-0.15, -0.1) is 0 Å². The van der Waals surface area contributed by atoms with Gasteiger partial charge in [-0.3, -0.25) is 0 Å². The van der Waals surface area contributed by atoms with Crippen LogP contribution in [0.4, 0.5) is 0 Å². The van der Waals surface area contributed by atoms with Gasteiger partial charge in [-0.25, -0.2) is 0 Å². The third kappa shape index (κ3) is 8.36. The van der Waals surface area contributed by atoms with E-state index in [1.807, 2.05) is 6.07 Å². The lowest BCUT2D eigenvalue weighted by Crippen LogP contribution is -2.06. The fourth-order valence-electron chi connectivity index (χ4n) is 1.50. The number of alkyl halides is 1. The first kappa shape index (κ1) is 14.7. The predicted molar refractivity (Wildman–Crippen MR) is 74.8 cm³/mol. The average molecular weight is 301 g/mol. The topological polar surface area (TPSA) is 18.5 Å². The first-order valence-electron chi connectivity index (χ1n) is 6.19. The van der Waals surface area contributed by atoms with Crippen LogP contribution in [-0.4, -0.2) is 31.8 Å². The quantitative estimate of drug-likeness (QED) is 0.487. The lowest BCUT2D eigenvalue weighted by molar-refractivity contribution is 0.0475. The molecule has 1 rings (SSSR count). The molecule has 3 heteroatoms. The summed E-state index contributed by atoms with van der Waals surface area (Å²) in [6.07, 6.45) is 3.23. The largest absolute Gasteiger partial charge is 0.379 e. The van der Waals surface area contributed by atoms with Gasteiger partial charge < -0.3 is 9.47 Å². The molecule has 0 saturated heterocycles. The second-order valence-electron chi connectivity index (χ2n) is 3.86. The summed E-state index contributed by atoms with van der Waals surface area (Å²) in [6, 6.07) is 10.5. The zero-order chi connectivity index (χ0) is 12.2. The minimum absolute atomic E-state index is 0.705. The SMILES string of the molecule is BrCCCOCCOCCCc1ccccc1. The van der Waals surface area contributed by atoms with Gasteiger partial charge in [0.05, 0.1) is 13.2 Å². The monoisotopic (exact) mass is 300 g/mol. The predicted octanol–water partition coefficient (Wildman–Crippen LogP) is 3.44.